The zero-order chi connectivity index (χ0) is 19.4. The predicted octanol–water partition coefficient (Wildman–Crippen LogP) is 4.70. The van der Waals surface area contributed by atoms with E-state index in [1.807, 2.05) is 48.5 Å². The van der Waals surface area contributed by atoms with Gasteiger partial charge >= 0.3 is 0 Å². The molecule has 0 bridgehead atoms. The van der Waals surface area contributed by atoms with E-state index in [-0.39, 0.29) is 11.8 Å². The number of thiophene rings is 1. The number of halogens is 1. The lowest BCUT2D eigenvalue weighted by Gasteiger charge is -2.10. The second kappa shape index (κ2) is 8.37. The molecule has 0 spiro atoms. The van der Waals surface area contributed by atoms with Gasteiger partial charge in [-0.2, -0.15) is 0 Å². The topological polar surface area (TPSA) is 49.4 Å². The largest absolute Gasteiger partial charge is 0.347 e. The minimum Gasteiger partial charge on any atom is -0.347 e. The van der Waals surface area contributed by atoms with Gasteiger partial charge in [0.05, 0.1) is 4.88 Å². The van der Waals surface area contributed by atoms with E-state index in [0.717, 1.165) is 16.0 Å². The van der Waals surface area contributed by atoms with Crippen LogP contribution in [0, 0.1) is 0 Å². The highest BCUT2D eigenvalue weighted by atomic mass is 35.5. The van der Waals surface area contributed by atoms with Crippen molar-refractivity contribution in [1.29, 1.82) is 0 Å². The van der Waals surface area contributed by atoms with Crippen LogP contribution in [0.3, 0.4) is 0 Å². The summed E-state index contributed by atoms with van der Waals surface area (Å²) < 4.78 is 0. The van der Waals surface area contributed by atoms with Gasteiger partial charge in [-0.25, -0.2) is 0 Å². The first kappa shape index (κ1) is 19.1. The summed E-state index contributed by atoms with van der Waals surface area (Å²) in [5, 5.41) is 3.60. The van der Waals surface area contributed by atoms with Crippen LogP contribution in [0.2, 0.25) is 5.02 Å². The Morgan fingerprint density at radius 2 is 1.63 bits per heavy atom. The molecule has 0 aliphatic carbocycles. The molecule has 0 atom stereocenters. The Kier molecular flexibility index (Phi) is 5.94. The normalized spacial score (nSPS) is 10.5. The van der Waals surface area contributed by atoms with Crippen LogP contribution in [0.4, 0.5) is 0 Å². The minimum atomic E-state index is -0.117. The van der Waals surface area contributed by atoms with Crippen LogP contribution in [0.15, 0.2) is 60.7 Å². The SMILES string of the molecule is CN(C)C(=O)c1ccc(CNC(=O)c2ccc(-c3ccc(Cl)cc3)s2)cc1. The number of hydrogen-bond acceptors (Lipinski definition) is 3. The first-order valence-electron chi connectivity index (χ1n) is 8.38. The Morgan fingerprint density at radius 1 is 0.963 bits per heavy atom. The average molecular weight is 399 g/mol. The molecule has 3 aromatic rings. The molecule has 1 heterocycles. The van der Waals surface area contributed by atoms with Crippen molar-refractivity contribution >= 4 is 34.8 Å². The summed E-state index contributed by atoms with van der Waals surface area (Å²) in [5.41, 5.74) is 2.60. The van der Waals surface area contributed by atoms with E-state index in [0.29, 0.717) is 22.0 Å². The van der Waals surface area contributed by atoms with Crippen molar-refractivity contribution in [3.63, 3.8) is 0 Å². The molecule has 0 unspecified atom stereocenters. The molecule has 2 aromatic carbocycles. The number of carbonyl (C=O) groups is 2. The summed E-state index contributed by atoms with van der Waals surface area (Å²) in [4.78, 5) is 27.5. The first-order chi connectivity index (χ1) is 12.9. The van der Waals surface area contributed by atoms with Gasteiger partial charge in [0.1, 0.15) is 0 Å². The number of carbonyl (C=O) groups excluding carboxylic acids is 2. The lowest BCUT2D eigenvalue weighted by Crippen LogP contribution is -2.23. The molecule has 0 radical (unpaired) electrons. The number of benzene rings is 2. The summed E-state index contributed by atoms with van der Waals surface area (Å²) in [7, 11) is 3.44. The number of hydrogen-bond donors (Lipinski definition) is 1. The van der Waals surface area contributed by atoms with Crippen LogP contribution in [0.25, 0.3) is 10.4 Å². The molecule has 27 heavy (non-hydrogen) atoms. The molecule has 6 heteroatoms. The standard InChI is InChI=1S/C21H19ClN2O2S/c1-24(2)21(26)16-5-3-14(4-6-16)13-23-20(25)19-12-11-18(27-19)15-7-9-17(22)10-8-15/h3-12H,13H2,1-2H3,(H,23,25). The Bertz CT molecular complexity index is 947. The maximum atomic E-state index is 12.4. The van der Waals surface area contributed by atoms with E-state index in [9.17, 15) is 9.59 Å². The lowest BCUT2D eigenvalue weighted by molar-refractivity contribution is 0.0827. The molecule has 0 saturated carbocycles. The highest BCUT2D eigenvalue weighted by Gasteiger charge is 2.11. The average Bonchev–Trinajstić information content (AvgIpc) is 3.16. The molecule has 1 aromatic heterocycles. The van der Waals surface area contributed by atoms with Gasteiger partial charge in [0, 0.05) is 36.1 Å². The van der Waals surface area contributed by atoms with Gasteiger partial charge in [-0.15, -0.1) is 11.3 Å². The van der Waals surface area contributed by atoms with E-state index in [1.165, 1.54) is 16.2 Å². The summed E-state index contributed by atoms with van der Waals surface area (Å²) in [6, 6.07) is 18.5. The fourth-order valence-corrected chi connectivity index (χ4v) is 3.58. The molecule has 2 amide bonds. The highest BCUT2D eigenvalue weighted by molar-refractivity contribution is 7.17. The second-order valence-electron chi connectivity index (χ2n) is 6.25. The first-order valence-corrected chi connectivity index (χ1v) is 9.58. The fourth-order valence-electron chi connectivity index (χ4n) is 2.52. The number of rotatable bonds is 5. The highest BCUT2D eigenvalue weighted by Crippen LogP contribution is 2.29. The van der Waals surface area contributed by atoms with Gasteiger partial charge < -0.3 is 10.2 Å². The maximum Gasteiger partial charge on any atom is 0.261 e. The summed E-state index contributed by atoms with van der Waals surface area (Å²) in [6.45, 7) is 0.406. The molecule has 138 valence electrons. The van der Waals surface area contributed by atoms with Crippen molar-refractivity contribution in [2.75, 3.05) is 14.1 Å². The molecular formula is C21H19ClN2O2S. The third-order valence-corrected chi connectivity index (χ3v) is 5.40. The van der Waals surface area contributed by atoms with E-state index in [2.05, 4.69) is 5.32 Å². The van der Waals surface area contributed by atoms with Gasteiger partial charge in [-0.1, -0.05) is 35.9 Å². The van der Waals surface area contributed by atoms with Gasteiger partial charge in [-0.3, -0.25) is 9.59 Å². The van der Waals surface area contributed by atoms with Crippen molar-refractivity contribution in [3.05, 3.63) is 81.7 Å². The molecule has 1 N–H and O–H groups in total. The van der Waals surface area contributed by atoms with Crippen molar-refractivity contribution in [1.82, 2.24) is 10.2 Å². The summed E-state index contributed by atoms with van der Waals surface area (Å²) >= 11 is 7.35. The Labute approximate surface area is 167 Å². The molecule has 0 fully saturated rings. The smallest absolute Gasteiger partial charge is 0.261 e. The maximum absolute atomic E-state index is 12.4. The third kappa shape index (κ3) is 4.76. The Balaban J connectivity index is 1.61. The second-order valence-corrected chi connectivity index (χ2v) is 7.77. The van der Waals surface area contributed by atoms with Crippen molar-refractivity contribution < 1.29 is 9.59 Å². The van der Waals surface area contributed by atoms with Crippen LogP contribution in [0.1, 0.15) is 25.6 Å². The molecule has 0 aliphatic rings. The predicted molar refractivity (Wildman–Crippen MR) is 110 cm³/mol. The zero-order valence-corrected chi connectivity index (χ0v) is 16.6. The van der Waals surface area contributed by atoms with Gasteiger partial charge in [0.15, 0.2) is 0 Å². The summed E-state index contributed by atoms with van der Waals surface area (Å²) in [5.74, 6) is -0.160. The van der Waals surface area contributed by atoms with E-state index < -0.39 is 0 Å². The fraction of sp³-hybridized carbons (Fsp3) is 0.143. The summed E-state index contributed by atoms with van der Waals surface area (Å²) in [6.07, 6.45) is 0. The van der Waals surface area contributed by atoms with Crippen molar-refractivity contribution in [3.8, 4) is 10.4 Å². The molecule has 4 nitrogen and oxygen atoms in total. The van der Waals surface area contributed by atoms with E-state index in [4.69, 9.17) is 11.6 Å². The van der Waals surface area contributed by atoms with Crippen LogP contribution >= 0.6 is 22.9 Å². The Morgan fingerprint density at radius 3 is 2.26 bits per heavy atom. The van der Waals surface area contributed by atoms with E-state index >= 15 is 0 Å². The third-order valence-electron chi connectivity index (χ3n) is 4.02. The van der Waals surface area contributed by atoms with Crippen molar-refractivity contribution in [2.24, 2.45) is 0 Å². The molecule has 0 aliphatic heterocycles. The lowest BCUT2D eigenvalue weighted by atomic mass is 10.1. The molecular weight excluding hydrogens is 380 g/mol. The van der Waals surface area contributed by atoms with Gasteiger partial charge in [-0.05, 0) is 47.5 Å². The minimum absolute atomic E-state index is 0.0427. The zero-order valence-electron chi connectivity index (χ0n) is 15.0. The Hall–Kier alpha value is -2.63. The van der Waals surface area contributed by atoms with Crippen LogP contribution in [-0.4, -0.2) is 30.8 Å². The van der Waals surface area contributed by atoms with Crippen molar-refractivity contribution in [2.45, 2.75) is 6.54 Å². The number of nitrogens with zero attached hydrogens (tertiary/aromatic N) is 1. The van der Waals surface area contributed by atoms with Gasteiger partial charge in [0.25, 0.3) is 11.8 Å². The number of nitrogens with one attached hydrogen (secondary N) is 1. The molecule has 3 rings (SSSR count). The molecule has 0 saturated heterocycles. The monoisotopic (exact) mass is 398 g/mol. The quantitative estimate of drug-likeness (QED) is 0.677. The van der Waals surface area contributed by atoms with E-state index in [1.54, 1.807) is 26.2 Å². The number of amides is 2. The van der Waals surface area contributed by atoms with Crippen LogP contribution < -0.4 is 5.32 Å². The van der Waals surface area contributed by atoms with Crippen LogP contribution in [0.5, 0.6) is 0 Å². The van der Waals surface area contributed by atoms with Crippen LogP contribution in [-0.2, 0) is 6.54 Å². The van der Waals surface area contributed by atoms with Gasteiger partial charge in [0.2, 0.25) is 0 Å².